The van der Waals surface area contributed by atoms with Crippen LogP contribution in [0.5, 0.6) is 5.88 Å². The molecule has 0 spiro atoms. The molecule has 4 rings (SSSR count). The van der Waals surface area contributed by atoms with Crippen molar-refractivity contribution in [3.05, 3.63) is 66.1 Å². The second kappa shape index (κ2) is 8.85. The number of ether oxygens (including phenoxy) is 1. The molecule has 1 aliphatic heterocycles. The molecule has 0 aliphatic carbocycles. The van der Waals surface area contributed by atoms with Gasteiger partial charge in [0.25, 0.3) is 11.8 Å². The maximum absolute atomic E-state index is 14.1. The number of hydrogen-bond acceptors (Lipinski definition) is 6. The van der Waals surface area contributed by atoms with Crippen molar-refractivity contribution in [1.29, 1.82) is 0 Å². The average Bonchev–Trinajstić information content (AvgIpc) is 2.80. The van der Waals surface area contributed by atoms with Crippen molar-refractivity contribution in [2.24, 2.45) is 0 Å². The van der Waals surface area contributed by atoms with Crippen molar-refractivity contribution < 1.29 is 27.1 Å². The highest BCUT2D eigenvalue weighted by Crippen LogP contribution is 2.31. The van der Waals surface area contributed by atoms with Crippen molar-refractivity contribution in [3.63, 3.8) is 0 Å². The van der Waals surface area contributed by atoms with E-state index in [1.165, 1.54) is 11.1 Å². The van der Waals surface area contributed by atoms with E-state index in [1.807, 2.05) is 0 Å². The zero-order chi connectivity index (χ0) is 22.7. The van der Waals surface area contributed by atoms with Gasteiger partial charge in [0.1, 0.15) is 11.8 Å². The van der Waals surface area contributed by atoms with E-state index in [9.17, 15) is 22.4 Å². The van der Waals surface area contributed by atoms with Crippen LogP contribution in [-0.4, -0.2) is 49.9 Å². The molecule has 0 bridgehead atoms. The Labute approximate surface area is 180 Å². The highest BCUT2D eigenvalue weighted by atomic mass is 19.4. The number of aromatic nitrogens is 4. The lowest BCUT2D eigenvalue weighted by molar-refractivity contribution is -0.138. The monoisotopic (exact) mass is 447 g/mol. The maximum Gasteiger partial charge on any atom is 0.417 e. The van der Waals surface area contributed by atoms with Crippen molar-refractivity contribution in [1.82, 2.24) is 24.8 Å². The smallest absolute Gasteiger partial charge is 0.417 e. The van der Waals surface area contributed by atoms with Crippen molar-refractivity contribution >= 4 is 5.91 Å². The molecule has 0 N–H and O–H groups in total. The van der Waals surface area contributed by atoms with Gasteiger partial charge in [-0.3, -0.25) is 9.78 Å². The van der Waals surface area contributed by atoms with E-state index in [-0.39, 0.29) is 18.1 Å². The lowest BCUT2D eigenvalue weighted by Gasteiger charge is -2.32. The summed E-state index contributed by atoms with van der Waals surface area (Å²) in [6.07, 6.45) is 0.824. The van der Waals surface area contributed by atoms with Crippen LogP contribution in [0.2, 0.25) is 0 Å². The molecule has 1 saturated heterocycles. The minimum absolute atomic E-state index is 0.104. The summed E-state index contributed by atoms with van der Waals surface area (Å²) in [6, 6.07) is 5.36. The summed E-state index contributed by atoms with van der Waals surface area (Å²) < 4.78 is 57.7. The molecule has 0 unspecified atom stereocenters. The van der Waals surface area contributed by atoms with Gasteiger partial charge >= 0.3 is 6.18 Å². The number of amides is 1. The van der Waals surface area contributed by atoms with Gasteiger partial charge in [-0.15, -0.1) is 0 Å². The van der Waals surface area contributed by atoms with Gasteiger partial charge in [0.2, 0.25) is 0 Å². The fourth-order valence-corrected chi connectivity index (χ4v) is 3.39. The fourth-order valence-electron chi connectivity index (χ4n) is 3.39. The third kappa shape index (κ3) is 4.66. The van der Waals surface area contributed by atoms with Crippen molar-refractivity contribution in [2.45, 2.75) is 25.1 Å². The zero-order valence-corrected chi connectivity index (χ0v) is 16.6. The standard InChI is InChI=1S/C21H17F4N5O2/c22-16-10-13(21(23,24)25)11-29-19(16)32-14-4-2-9-30(12-14)20(31)17-15(5-1-6-26-17)18-27-7-3-8-28-18/h1,3,5-8,10-11,14H,2,4,9,12H2/t14-/m1/s1. The molecule has 166 valence electrons. The van der Waals surface area contributed by atoms with Gasteiger partial charge in [-0.2, -0.15) is 13.2 Å². The number of piperidine rings is 1. The lowest BCUT2D eigenvalue weighted by atomic mass is 10.1. The lowest BCUT2D eigenvalue weighted by Crippen LogP contribution is -2.45. The second-order valence-electron chi connectivity index (χ2n) is 7.11. The zero-order valence-electron chi connectivity index (χ0n) is 16.6. The van der Waals surface area contributed by atoms with Crippen molar-refractivity contribution in [2.75, 3.05) is 13.1 Å². The van der Waals surface area contributed by atoms with Crippen LogP contribution in [0.4, 0.5) is 17.6 Å². The van der Waals surface area contributed by atoms with Gasteiger partial charge in [0.15, 0.2) is 11.6 Å². The summed E-state index contributed by atoms with van der Waals surface area (Å²) >= 11 is 0. The normalized spacial score (nSPS) is 16.6. The molecule has 7 nitrogen and oxygen atoms in total. The third-order valence-corrected chi connectivity index (χ3v) is 4.90. The number of carbonyl (C=O) groups is 1. The highest BCUT2D eigenvalue weighted by Gasteiger charge is 2.33. The molecule has 1 fully saturated rings. The Morgan fingerprint density at radius 3 is 2.56 bits per heavy atom. The fraction of sp³-hybridized carbons (Fsp3) is 0.286. The summed E-state index contributed by atoms with van der Waals surface area (Å²) in [7, 11) is 0. The van der Waals surface area contributed by atoms with Crippen LogP contribution >= 0.6 is 0 Å². The van der Waals surface area contributed by atoms with Gasteiger partial charge in [0, 0.05) is 31.3 Å². The number of hydrogen-bond donors (Lipinski definition) is 0. The SMILES string of the molecule is O=C(c1ncccc1-c1ncccn1)N1CCC[C@@H](Oc2ncc(C(F)(F)F)cc2F)C1. The first-order chi connectivity index (χ1) is 15.3. The molecule has 11 heteroatoms. The van der Waals surface area contributed by atoms with Gasteiger partial charge in [-0.05, 0) is 37.1 Å². The average molecular weight is 447 g/mol. The van der Waals surface area contributed by atoms with E-state index in [1.54, 1.807) is 30.6 Å². The van der Waals surface area contributed by atoms with Gasteiger partial charge < -0.3 is 9.64 Å². The van der Waals surface area contributed by atoms with Gasteiger partial charge in [-0.1, -0.05) is 0 Å². The van der Waals surface area contributed by atoms with Crippen LogP contribution in [0.25, 0.3) is 11.4 Å². The predicted octanol–water partition coefficient (Wildman–Crippen LogP) is 3.78. The number of likely N-dealkylation sites (tertiary alicyclic amines) is 1. The van der Waals surface area contributed by atoms with Crippen LogP contribution < -0.4 is 4.74 Å². The quantitative estimate of drug-likeness (QED) is 0.567. The topological polar surface area (TPSA) is 81.1 Å². The molecule has 1 amide bonds. The number of rotatable bonds is 4. The number of carbonyl (C=O) groups excluding carboxylic acids is 1. The van der Waals surface area contributed by atoms with Gasteiger partial charge in [0.05, 0.1) is 17.7 Å². The summed E-state index contributed by atoms with van der Waals surface area (Å²) in [6.45, 7) is 0.528. The summed E-state index contributed by atoms with van der Waals surface area (Å²) in [5.41, 5.74) is -0.566. The van der Waals surface area contributed by atoms with Crippen LogP contribution in [-0.2, 0) is 6.18 Å². The third-order valence-electron chi connectivity index (χ3n) is 4.90. The first-order valence-electron chi connectivity index (χ1n) is 9.74. The molecule has 0 aromatic carbocycles. The van der Waals surface area contributed by atoms with Gasteiger partial charge in [-0.25, -0.2) is 19.3 Å². The van der Waals surface area contributed by atoms with E-state index in [0.717, 1.165) is 0 Å². The predicted molar refractivity (Wildman–Crippen MR) is 104 cm³/mol. The van der Waals surface area contributed by atoms with Crippen LogP contribution in [0.3, 0.4) is 0 Å². The van der Waals surface area contributed by atoms with Crippen LogP contribution in [0.15, 0.2) is 49.1 Å². The Morgan fingerprint density at radius 1 is 1.09 bits per heavy atom. The molecule has 3 aromatic heterocycles. The molecule has 4 heterocycles. The maximum atomic E-state index is 14.1. The Hall–Kier alpha value is -3.63. The minimum Gasteiger partial charge on any atom is -0.470 e. The number of nitrogens with zero attached hydrogens (tertiary/aromatic N) is 5. The molecule has 1 atom stereocenters. The summed E-state index contributed by atoms with van der Waals surface area (Å²) in [5.74, 6) is -1.77. The Balaban J connectivity index is 1.50. The Morgan fingerprint density at radius 2 is 1.84 bits per heavy atom. The van der Waals surface area contributed by atoms with E-state index >= 15 is 0 Å². The first-order valence-corrected chi connectivity index (χ1v) is 9.74. The van der Waals surface area contributed by atoms with E-state index in [2.05, 4.69) is 19.9 Å². The molecule has 3 aromatic rings. The van der Waals surface area contributed by atoms with Crippen molar-refractivity contribution in [3.8, 4) is 17.3 Å². The summed E-state index contributed by atoms with van der Waals surface area (Å²) in [5, 5.41) is 0. The molecular weight excluding hydrogens is 430 g/mol. The molecule has 0 radical (unpaired) electrons. The molecule has 32 heavy (non-hydrogen) atoms. The van der Waals surface area contributed by atoms with E-state index in [4.69, 9.17) is 4.74 Å². The van der Waals surface area contributed by atoms with E-state index < -0.39 is 29.5 Å². The molecule has 0 saturated carbocycles. The summed E-state index contributed by atoms with van der Waals surface area (Å²) in [4.78, 5) is 30.7. The minimum atomic E-state index is -4.71. The number of halogens is 4. The van der Waals surface area contributed by atoms with Crippen LogP contribution in [0.1, 0.15) is 28.9 Å². The number of alkyl halides is 3. The highest BCUT2D eigenvalue weighted by molar-refractivity contribution is 5.98. The van der Waals surface area contributed by atoms with E-state index in [0.29, 0.717) is 43.0 Å². The molecular formula is C21H17F4N5O2. The Bertz CT molecular complexity index is 1110. The first kappa shape index (κ1) is 21.6. The number of pyridine rings is 2. The van der Waals surface area contributed by atoms with Crippen LogP contribution in [0, 0.1) is 5.82 Å². The largest absolute Gasteiger partial charge is 0.470 e. The Kier molecular flexibility index (Phi) is 5.97. The second-order valence-corrected chi connectivity index (χ2v) is 7.11. The molecule has 1 aliphatic rings.